The molecule has 0 aliphatic carbocycles. The van der Waals surface area contributed by atoms with E-state index in [-0.39, 0.29) is 13.2 Å². The molecule has 0 bridgehead atoms. The van der Waals surface area contributed by atoms with Gasteiger partial charge < -0.3 is 19.9 Å². The summed E-state index contributed by atoms with van der Waals surface area (Å²) in [4.78, 5) is 0. The number of anilines is 1. The van der Waals surface area contributed by atoms with Crippen LogP contribution in [0.3, 0.4) is 0 Å². The third-order valence-electron chi connectivity index (χ3n) is 2.79. The third kappa shape index (κ3) is 3.39. The molecule has 0 aliphatic heterocycles. The monoisotopic (exact) mass is 278 g/mol. The molecule has 0 unspecified atom stereocenters. The van der Waals surface area contributed by atoms with E-state index in [2.05, 4.69) is 15.6 Å². The molecule has 2 rings (SSSR count). The highest BCUT2D eigenvalue weighted by molar-refractivity contribution is 5.54. The zero-order chi connectivity index (χ0) is 14.4. The molecule has 1 heterocycles. The molecule has 0 amide bonds. The van der Waals surface area contributed by atoms with E-state index in [1.165, 1.54) is 0 Å². The maximum atomic E-state index is 8.82. The fraction of sp³-hybridized carbons (Fsp3) is 0.385. The summed E-state index contributed by atoms with van der Waals surface area (Å²) in [6.45, 7) is 0.794. The minimum absolute atomic E-state index is 0.0402. The minimum atomic E-state index is -0.0402. The van der Waals surface area contributed by atoms with Gasteiger partial charge in [-0.25, -0.2) is 0 Å². The second kappa shape index (κ2) is 6.76. The van der Waals surface area contributed by atoms with Gasteiger partial charge in [0.1, 0.15) is 6.61 Å². The molecule has 0 saturated heterocycles. The van der Waals surface area contributed by atoms with Gasteiger partial charge in [-0.1, -0.05) is 5.21 Å². The first-order chi connectivity index (χ1) is 9.74. The smallest absolute Gasteiger partial charge is 0.163 e. The quantitative estimate of drug-likeness (QED) is 0.780. The largest absolute Gasteiger partial charge is 0.493 e. The van der Waals surface area contributed by atoms with Crippen molar-refractivity contribution in [3.8, 4) is 11.5 Å². The first kappa shape index (κ1) is 14.1. The van der Waals surface area contributed by atoms with Gasteiger partial charge in [-0.05, 0) is 12.1 Å². The number of methoxy groups -OCH3 is 1. The van der Waals surface area contributed by atoms with Crippen molar-refractivity contribution in [2.75, 3.05) is 25.6 Å². The molecule has 2 aromatic rings. The minimum Gasteiger partial charge on any atom is -0.493 e. The predicted octanol–water partition coefficient (Wildman–Crippen LogP) is 0.807. The first-order valence-corrected chi connectivity index (χ1v) is 6.23. The molecule has 108 valence electrons. The molecule has 0 radical (unpaired) electrons. The van der Waals surface area contributed by atoms with Crippen molar-refractivity contribution in [2.24, 2.45) is 7.05 Å². The molecule has 20 heavy (non-hydrogen) atoms. The average Bonchev–Trinajstić information content (AvgIpc) is 2.88. The molecule has 0 atom stereocenters. The second-order valence-corrected chi connectivity index (χ2v) is 4.14. The van der Waals surface area contributed by atoms with E-state index in [1.807, 2.05) is 25.2 Å². The van der Waals surface area contributed by atoms with Gasteiger partial charge in [0.25, 0.3) is 0 Å². The Hall–Kier alpha value is -2.28. The average molecular weight is 278 g/mol. The lowest BCUT2D eigenvalue weighted by atomic mass is 10.2. The van der Waals surface area contributed by atoms with Crippen molar-refractivity contribution in [2.45, 2.75) is 6.54 Å². The molecule has 0 aliphatic rings. The van der Waals surface area contributed by atoms with Gasteiger partial charge in [0.15, 0.2) is 11.5 Å². The first-order valence-electron chi connectivity index (χ1n) is 6.23. The van der Waals surface area contributed by atoms with E-state index in [0.29, 0.717) is 18.0 Å². The Morgan fingerprint density at radius 3 is 2.85 bits per heavy atom. The number of benzene rings is 1. The molecule has 0 spiro atoms. The van der Waals surface area contributed by atoms with Crippen molar-refractivity contribution >= 4 is 5.69 Å². The summed E-state index contributed by atoms with van der Waals surface area (Å²) in [6.07, 6.45) is 1.71. The zero-order valence-corrected chi connectivity index (χ0v) is 11.5. The summed E-state index contributed by atoms with van der Waals surface area (Å²) in [6, 6.07) is 5.54. The number of aliphatic hydroxyl groups excluding tert-OH is 1. The highest BCUT2D eigenvalue weighted by Crippen LogP contribution is 2.30. The van der Waals surface area contributed by atoms with Crippen LogP contribution in [0.5, 0.6) is 11.5 Å². The number of aromatic nitrogens is 3. The number of hydrogen-bond acceptors (Lipinski definition) is 6. The van der Waals surface area contributed by atoms with Gasteiger partial charge in [-0.3, -0.25) is 4.68 Å². The number of nitrogens with one attached hydrogen (secondary N) is 1. The Labute approximate surface area is 117 Å². The standard InChI is InChI=1S/C13H18N4O3/c1-17-11(9-15-16-17)8-14-10-3-4-12(19-2)13(7-10)20-6-5-18/h3-4,7,9,14,18H,5-6,8H2,1-2H3. The van der Waals surface area contributed by atoms with Crippen molar-refractivity contribution < 1.29 is 14.6 Å². The van der Waals surface area contributed by atoms with Crippen LogP contribution in [-0.4, -0.2) is 40.4 Å². The maximum absolute atomic E-state index is 8.82. The summed E-state index contributed by atoms with van der Waals surface area (Å²) in [5.41, 5.74) is 1.86. The third-order valence-corrected chi connectivity index (χ3v) is 2.79. The van der Waals surface area contributed by atoms with Crippen molar-refractivity contribution in [3.63, 3.8) is 0 Å². The molecule has 2 N–H and O–H groups in total. The summed E-state index contributed by atoms with van der Waals surface area (Å²) in [5.74, 6) is 1.22. The van der Waals surface area contributed by atoms with E-state index < -0.39 is 0 Å². The number of ether oxygens (including phenoxy) is 2. The van der Waals surface area contributed by atoms with Gasteiger partial charge in [-0.15, -0.1) is 5.10 Å². The van der Waals surface area contributed by atoms with Crippen molar-refractivity contribution in [1.82, 2.24) is 15.0 Å². The van der Waals surface area contributed by atoms with Gasteiger partial charge in [0.05, 0.1) is 32.2 Å². The zero-order valence-electron chi connectivity index (χ0n) is 11.5. The molecular weight excluding hydrogens is 260 g/mol. The van der Waals surface area contributed by atoms with E-state index in [4.69, 9.17) is 14.6 Å². The number of hydrogen-bond donors (Lipinski definition) is 2. The lowest BCUT2D eigenvalue weighted by molar-refractivity contribution is 0.196. The predicted molar refractivity (Wildman–Crippen MR) is 73.9 cm³/mol. The van der Waals surface area contributed by atoms with Gasteiger partial charge >= 0.3 is 0 Å². The van der Waals surface area contributed by atoms with Gasteiger partial charge in [-0.2, -0.15) is 0 Å². The lowest BCUT2D eigenvalue weighted by Gasteiger charge is -2.12. The van der Waals surface area contributed by atoms with Crippen molar-refractivity contribution in [3.05, 3.63) is 30.1 Å². The molecule has 0 fully saturated rings. The molecule has 1 aromatic carbocycles. The highest BCUT2D eigenvalue weighted by Gasteiger charge is 2.06. The fourth-order valence-corrected chi connectivity index (χ4v) is 1.72. The molecule has 7 heteroatoms. The van der Waals surface area contributed by atoms with Crippen LogP contribution < -0.4 is 14.8 Å². The Kier molecular flexibility index (Phi) is 4.78. The van der Waals surface area contributed by atoms with Crippen molar-refractivity contribution in [1.29, 1.82) is 0 Å². The van der Waals surface area contributed by atoms with Crippen LogP contribution in [0.1, 0.15) is 5.69 Å². The lowest BCUT2D eigenvalue weighted by Crippen LogP contribution is -2.06. The van der Waals surface area contributed by atoms with Crippen LogP contribution in [-0.2, 0) is 13.6 Å². The summed E-state index contributed by atoms with van der Waals surface area (Å²) >= 11 is 0. The van der Waals surface area contributed by atoms with E-state index in [1.54, 1.807) is 18.0 Å². The normalized spacial score (nSPS) is 10.3. The van der Waals surface area contributed by atoms with Crippen LogP contribution >= 0.6 is 0 Å². The summed E-state index contributed by atoms with van der Waals surface area (Å²) < 4.78 is 12.4. The van der Waals surface area contributed by atoms with E-state index in [9.17, 15) is 0 Å². The highest BCUT2D eigenvalue weighted by atomic mass is 16.5. The Balaban J connectivity index is 2.06. The van der Waals surface area contributed by atoms with Crippen LogP contribution in [0.4, 0.5) is 5.69 Å². The van der Waals surface area contributed by atoms with Crippen LogP contribution in [0.2, 0.25) is 0 Å². The molecule has 7 nitrogen and oxygen atoms in total. The summed E-state index contributed by atoms with van der Waals surface area (Å²) in [7, 11) is 3.42. The van der Waals surface area contributed by atoms with E-state index in [0.717, 1.165) is 11.4 Å². The maximum Gasteiger partial charge on any atom is 0.163 e. The number of nitrogens with zero attached hydrogens (tertiary/aromatic N) is 3. The summed E-state index contributed by atoms with van der Waals surface area (Å²) in [5, 5.41) is 19.8. The van der Waals surface area contributed by atoms with Crippen LogP contribution in [0, 0.1) is 0 Å². The topological polar surface area (TPSA) is 81.4 Å². The van der Waals surface area contributed by atoms with Crippen LogP contribution in [0.15, 0.2) is 24.4 Å². The number of rotatable bonds is 7. The molecule has 1 aromatic heterocycles. The molecule has 0 saturated carbocycles. The Bertz CT molecular complexity index is 556. The Morgan fingerprint density at radius 1 is 1.35 bits per heavy atom. The number of aliphatic hydroxyl groups is 1. The van der Waals surface area contributed by atoms with Gasteiger partial charge in [0.2, 0.25) is 0 Å². The second-order valence-electron chi connectivity index (χ2n) is 4.14. The Morgan fingerprint density at radius 2 is 2.20 bits per heavy atom. The van der Waals surface area contributed by atoms with E-state index >= 15 is 0 Å². The van der Waals surface area contributed by atoms with Gasteiger partial charge in [0, 0.05) is 18.8 Å². The SMILES string of the molecule is COc1ccc(NCc2cnnn2C)cc1OCCO. The fourth-order valence-electron chi connectivity index (χ4n) is 1.72. The number of aryl methyl sites for hydroxylation is 1. The molecular formula is C13H18N4O3. The van der Waals surface area contributed by atoms with Crippen LogP contribution in [0.25, 0.3) is 0 Å².